The van der Waals surface area contributed by atoms with Gasteiger partial charge in [0.2, 0.25) is 15.9 Å². The summed E-state index contributed by atoms with van der Waals surface area (Å²) in [7, 11) is -3.54. The quantitative estimate of drug-likeness (QED) is 0.629. The predicted octanol–water partition coefficient (Wildman–Crippen LogP) is 4.19. The van der Waals surface area contributed by atoms with E-state index >= 15 is 0 Å². The molecule has 0 fully saturated rings. The number of nitrogens with one attached hydrogen (secondary N) is 1. The SMILES string of the molecule is CCS(=O)(=O)N1Cc2ccccc2CC1C(=O)Nc1ccc(Oc2ccccc2)cc1. The van der Waals surface area contributed by atoms with E-state index in [1.807, 2.05) is 54.6 Å². The number of carbonyl (C=O) groups is 1. The Kier molecular flexibility index (Phi) is 6.06. The highest BCUT2D eigenvalue weighted by Crippen LogP contribution is 2.28. The predicted molar refractivity (Wildman–Crippen MR) is 121 cm³/mol. The van der Waals surface area contributed by atoms with Crippen LogP contribution in [0.3, 0.4) is 0 Å². The summed E-state index contributed by atoms with van der Waals surface area (Å²) in [4.78, 5) is 13.1. The Bertz CT molecular complexity index is 1160. The highest BCUT2D eigenvalue weighted by atomic mass is 32.2. The van der Waals surface area contributed by atoms with Crippen molar-refractivity contribution in [3.8, 4) is 11.5 Å². The molecule has 3 aromatic carbocycles. The number of amides is 1. The van der Waals surface area contributed by atoms with Crippen molar-refractivity contribution in [3.05, 3.63) is 90.0 Å². The number of fused-ring (bicyclic) bond motifs is 1. The molecule has 1 aliphatic heterocycles. The molecule has 0 aromatic heterocycles. The summed E-state index contributed by atoms with van der Waals surface area (Å²) >= 11 is 0. The maximum atomic E-state index is 13.1. The van der Waals surface area contributed by atoms with E-state index in [0.29, 0.717) is 17.9 Å². The molecule has 7 heteroatoms. The van der Waals surface area contributed by atoms with Gasteiger partial charge in [-0.25, -0.2) is 8.42 Å². The number of rotatable bonds is 6. The Morgan fingerprint density at radius 2 is 1.55 bits per heavy atom. The molecular weight excluding hydrogens is 412 g/mol. The van der Waals surface area contributed by atoms with E-state index in [-0.39, 0.29) is 18.2 Å². The Balaban J connectivity index is 1.51. The lowest BCUT2D eigenvalue weighted by atomic mass is 9.95. The van der Waals surface area contributed by atoms with Crippen LogP contribution >= 0.6 is 0 Å². The zero-order chi connectivity index (χ0) is 21.8. The van der Waals surface area contributed by atoms with Gasteiger partial charge < -0.3 is 10.1 Å². The Morgan fingerprint density at radius 1 is 0.935 bits per heavy atom. The lowest BCUT2D eigenvalue weighted by Gasteiger charge is -2.34. The van der Waals surface area contributed by atoms with E-state index in [4.69, 9.17) is 4.74 Å². The average Bonchev–Trinajstić information content (AvgIpc) is 2.80. The Morgan fingerprint density at radius 3 is 2.23 bits per heavy atom. The Hall–Kier alpha value is -3.16. The van der Waals surface area contributed by atoms with Crippen molar-refractivity contribution in [3.63, 3.8) is 0 Å². The van der Waals surface area contributed by atoms with Crippen molar-refractivity contribution in [2.45, 2.75) is 25.9 Å². The molecule has 1 heterocycles. The van der Waals surface area contributed by atoms with Gasteiger partial charge in [-0.1, -0.05) is 42.5 Å². The molecular formula is C24H24N2O4S. The molecule has 4 rings (SSSR count). The summed E-state index contributed by atoms with van der Waals surface area (Å²) in [6.45, 7) is 1.80. The largest absolute Gasteiger partial charge is 0.457 e. The summed E-state index contributed by atoms with van der Waals surface area (Å²) in [6.07, 6.45) is 0.344. The molecule has 0 spiro atoms. The summed E-state index contributed by atoms with van der Waals surface area (Å²) < 4.78 is 32.4. The number of hydrogen-bond acceptors (Lipinski definition) is 4. The van der Waals surface area contributed by atoms with Gasteiger partial charge in [-0.2, -0.15) is 4.31 Å². The molecule has 1 atom stereocenters. The number of sulfonamides is 1. The van der Waals surface area contributed by atoms with Crippen molar-refractivity contribution in [2.24, 2.45) is 0 Å². The first kappa shape index (κ1) is 21.1. The monoisotopic (exact) mass is 436 g/mol. The van der Waals surface area contributed by atoms with E-state index in [9.17, 15) is 13.2 Å². The van der Waals surface area contributed by atoms with Gasteiger partial charge in [-0.3, -0.25) is 4.79 Å². The number of anilines is 1. The zero-order valence-corrected chi connectivity index (χ0v) is 18.0. The van der Waals surface area contributed by atoms with Gasteiger partial charge in [0.1, 0.15) is 17.5 Å². The maximum absolute atomic E-state index is 13.1. The lowest BCUT2D eigenvalue weighted by molar-refractivity contribution is -0.120. The molecule has 0 aliphatic carbocycles. The van der Waals surface area contributed by atoms with Gasteiger partial charge in [-0.05, 0) is 60.9 Å². The molecule has 0 saturated heterocycles. The van der Waals surface area contributed by atoms with Crippen LogP contribution in [0.4, 0.5) is 5.69 Å². The van der Waals surface area contributed by atoms with Crippen molar-refractivity contribution in [1.29, 1.82) is 0 Å². The molecule has 1 aliphatic rings. The first-order valence-corrected chi connectivity index (χ1v) is 11.8. The van der Waals surface area contributed by atoms with Crippen molar-refractivity contribution >= 4 is 21.6 Å². The normalized spacial score (nSPS) is 16.4. The number of nitrogens with zero attached hydrogens (tertiary/aromatic N) is 1. The second-order valence-electron chi connectivity index (χ2n) is 7.36. The van der Waals surface area contributed by atoms with E-state index in [2.05, 4.69) is 5.32 Å². The molecule has 0 radical (unpaired) electrons. The zero-order valence-electron chi connectivity index (χ0n) is 17.2. The smallest absolute Gasteiger partial charge is 0.243 e. The van der Waals surface area contributed by atoms with Crippen LogP contribution in [0.15, 0.2) is 78.9 Å². The maximum Gasteiger partial charge on any atom is 0.243 e. The van der Waals surface area contributed by atoms with Gasteiger partial charge in [0.25, 0.3) is 0 Å². The van der Waals surface area contributed by atoms with Gasteiger partial charge in [0.15, 0.2) is 0 Å². The fraction of sp³-hybridized carbons (Fsp3) is 0.208. The van der Waals surface area contributed by atoms with Crippen LogP contribution in [0, 0.1) is 0 Å². The van der Waals surface area contributed by atoms with Gasteiger partial charge in [-0.15, -0.1) is 0 Å². The summed E-state index contributed by atoms with van der Waals surface area (Å²) in [5.74, 6) is 0.972. The summed E-state index contributed by atoms with van der Waals surface area (Å²) in [5, 5.41) is 2.86. The minimum absolute atomic E-state index is 0.0511. The minimum atomic E-state index is -3.54. The molecule has 0 bridgehead atoms. The van der Waals surface area contributed by atoms with Crippen LogP contribution in [-0.2, 0) is 27.8 Å². The first-order valence-electron chi connectivity index (χ1n) is 10.2. The minimum Gasteiger partial charge on any atom is -0.457 e. The molecule has 0 saturated carbocycles. The number of para-hydroxylation sites is 1. The third-order valence-electron chi connectivity index (χ3n) is 5.33. The third-order valence-corrected chi connectivity index (χ3v) is 7.16. The van der Waals surface area contributed by atoms with Crippen LogP contribution < -0.4 is 10.1 Å². The summed E-state index contributed by atoms with van der Waals surface area (Å²) in [5.41, 5.74) is 2.51. The van der Waals surface area contributed by atoms with Crippen LogP contribution in [0.2, 0.25) is 0 Å². The first-order chi connectivity index (χ1) is 15.0. The van der Waals surface area contributed by atoms with Crippen LogP contribution in [0.1, 0.15) is 18.1 Å². The number of hydrogen-bond donors (Lipinski definition) is 1. The van der Waals surface area contributed by atoms with E-state index < -0.39 is 16.1 Å². The van der Waals surface area contributed by atoms with Crippen LogP contribution in [0.5, 0.6) is 11.5 Å². The molecule has 1 N–H and O–H groups in total. The molecule has 160 valence electrons. The van der Waals surface area contributed by atoms with Crippen molar-refractivity contribution in [2.75, 3.05) is 11.1 Å². The van der Waals surface area contributed by atoms with E-state index in [1.54, 1.807) is 31.2 Å². The number of benzene rings is 3. The Labute approximate surface area is 182 Å². The second kappa shape index (κ2) is 8.91. The van der Waals surface area contributed by atoms with Gasteiger partial charge in [0.05, 0.1) is 5.75 Å². The fourth-order valence-electron chi connectivity index (χ4n) is 3.64. The standard InChI is InChI=1S/C24H24N2O4S/c1-2-31(28,29)26-17-19-9-7-6-8-18(19)16-23(26)24(27)25-20-12-14-22(15-13-20)30-21-10-4-3-5-11-21/h3-15,23H,2,16-17H2,1H3,(H,25,27). The molecule has 6 nitrogen and oxygen atoms in total. The van der Waals surface area contributed by atoms with E-state index in [0.717, 1.165) is 16.9 Å². The highest BCUT2D eigenvalue weighted by molar-refractivity contribution is 7.89. The van der Waals surface area contributed by atoms with Crippen LogP contribution in [-0.4, -0.2) is 30.4 Å². The number of ether oxygens (including phenoxy) is 1. The number of carbonyl (C=O) groups excluding carboxylic acids is 1. The lowest BCUT2D eigenvalue weighted by Crippen LogP contribution is -2.51. The molecule has 31 heavy (non-hydrogen) atoms. The van der Waals surface area contributed by atoms with Crippen LogP contribution in [0.25, 0.3) is 0 Å². The topological polar surface area (TPSA) is 75.7 Å². The average molecular weight is 437 g/mol. The molecule has 3 aromatic rings. The highest BCUT2D eigenvalue weighted by Gasteiger charge is 2.37. The fourth-order valence-corrected chi connectivity index (χ4v) is 4.86. The van der Waals surface area contributed by atoms with Crippen molar-refractivity contribution in [1.82, 2.24) is 4.31 Å². The third kappa shape index (κ3) is 4.78. The van der Waals surface area contributed by atoms with Crippen molar-refractivity contribution < 1.29 is 17.9 Å². The molecule has 1 unspecified atom stereocenters. The van der Waals surface area contributed by atoms with Gasteiger partial charge in [0, 0.05) is 12.2 Å². The summed E-state index contributed by atoms with van der Waals surface area (Å²) in [6, 6.07) is 23.3. The molecule has 1 amide bonds. The second-order valence-corrected chi connectivity index (χ2v) is 9.57. The van der Waals surface area contributed by atoms with Gasteiger partial charge >= 0.3 is 0 Å². The van der Waals surface area contributed by atoms with E-state index in [1.165, 1.54) is 4.31 Å².